The van der Waals surface area contributed by atoms with Crippen LogP contribution in [0.5, 0.6) is 0 Å². The smallest absolute Gasteiger partial charge is 0.414 e. The van der Waals surface area contributed by atoms with Gasteiger partial charge in [0.2, 0.25) is 0 Å². The van der Waals surface area contributed by atoms with Crippen LogP contribution in [0.2, 0.25) is 0 Å². The second-order valence-electron chi connectivity index (χ2n) is 6.28. The lowest BCUT2D eigenvalue weighted by Crippen LogP contribution is -2.35. The predicted molar refractivity (Wildman–Crippen MR) is 84.7 cm³/mol. The van der Waals surface area contributed by atoms with Gasteiger partial charge in [0, 0.05) is 12.1 Å². The number of esters is 1. The number of hydrogen-bond acceptors (Lipinski definition) is 5. The average Bonchev–Trinajstić information content (AvgIpc) is 2.87. The first kappa shape index (κ1) is 17.0. The Kier molecular flexibility index (Phi) is 4.73. The van der Waals surface area contributed by atoms with Crippen LogP contribution < -0.4 is 4.90 Å². The van der Waals surface area contributed by atoms with Crippen LogP contribution in [0.1, 0.15) is 43.6 Å². The summed E-state index contributed by atoms with van der Waals surface area (Å²) in [6, 6.07) is 4.83. The highest BCUT2D eigenvalue weighted by atomic mass is 16.6. The summed E-state index contributed by atoms with van der Waals surface area (Å²) in [5.41, 5.74) is 1.25. The molecule has 0 spiro atoms. The molecule has 23 heavy (non-hydrogen) atoms. The van der Waals surface area contributed by atoms with Crippen LogP contribution in [0.15, 0.2) is 18.2 Å². The van der Waals surface area contributed by atoms with E-state index < -0.39 is 23.4 Å². The van der Waals surface area contributed by atoms with Gasteiger partial charge in [-0.05, 0) is 57.9 Å². The van der Waals surface area contributed by atoms with Crippen molar-refractivity contribution < 1.29 is 23.9 Å². The van der Waals surface area contributed by atoms with E-state index in [0.717, 1.165) is 5.56 Å². The molecule has 1 aromatic rings. The molecule has 0 radical (unpaired) electrons. The third-order valence-electron chi connectivity index (χ3n) is 3.31. The summed E-state index contributed by atoms with van der Waals surface area (Å²) in [5.74, 6) is -1.54. The molecular formula is C17H21NO5. The Balaban J connectivity index is 2.19. The lowest BCUT2D eigenvalue weighted by molar-refractivity contribution is -0.137. The molecule has 1 aromatic carbocycles. The van der Waals surface area contributed by atoms with Crippen molar-refractivity contribution in [2.24, 2.45) is 0 Å². The van der Waals surface area contributed by atoms with Gasteiger partial charge >= 0.3 is 12.1 Å². The third-order valence-corrected chi connectivity index (χ3v) is 3.31. The second-order valence-corrected chi connectivity index (χ2v) is 6.28. The molecule has 0 bridgehead atoms. The normalized spacial score (nSPS) is 13.5. The van der Waals surface area contributed by atoms with Crippen molar-refractivity contribution in [3.8, 4) is 0 Å². The number of carbonyl (C=O) groups excluding carboxylic acids is 3. The lowest BCUT2D eigenvalue weighted by Gasteiger charge is -2.24. The Bertz CT molecular complexity index is 645. The molecule has 0 saturated carbocycles. The molecule has 124 valence electrons. The number of amides is 1. The summed E-state index contributed by atoms with van der Waals surface area (Å²) in [6.45, 7) is 7.71. The van der Waals surface area contributed by atoms with Crippen molar-refractivity contribution in [1.82, 2.24) is 0 Å². The molecule has 1 aliphatic rings. The van der Waals surface area contributed by atoms with Crippen LogP contribution in [0.25, 0.3) is 0 Å². The Labute approximate surface area is 135 Å². The number of benzene rings is 1. The number of hydrogen-bond donors (Lipinski definition) is 0. The molecule has 0 aliphatic carbocycles. The van der Waals surface area contributed by atoms with E-state index in [9.17, 15) is 14.4 Å². The average molecular weight is 319 g/mol. The van der Waals surface area contributed by atoms with E-state index in [-0.39, 0.29) is 12.2 Å². The molecular weight excluding hydrogens is 298 g/mol. The molecule has 0 unspecified atom stereocenters. The van der Waals surface area contributed by atoms with Crippen LogP contribution in [0, 0.1) is 0 Å². The van der Waals surface area contributed by atoms with Crippen molar-refractivity contribution in [3.05, 3.63) is 29.3 Å². The minimum absolute atomic E-state index is 0.155. The number of fused-ring (bicyclic) bond motifs is 1. The first-order valence-electron chi connectivity index (χ1n) is 7.58. The van der Waals surface area contributed by atoms with Gasteiger partial charge in [0.15, 0.2) is 0 Å². The SMILES string of the molecule is CCOC(=O)C(=O)c1ccc2c(c1)CCN2C(=O)OC(C)(C)C. The quantitative estimate of drug-likeness (QED) is 0.486. The largest absolute Gasteiger partial charge is 0.460 e. The van der Waals surface area contributed by atoms with Gasteiger partial charge < -0.3 is 9.47 Å². The van der Waals surface area contributed by atoms with Gasteiger partial charge in [0.25, 0.3) is 5.78 Å². The Hall–Kier alpha value is -2.37. The van der Waals surface area contributed by atoms with Gasteiger partial charge in [0.1, 0.15) is 5.60 Å². The van der Waals surface area contributed by atoms with E-state index in [1.165, 1.54) is 6.07 Å². The first-order chi connectivity index (χ1) is 10.7. The number of anilines is 1. The zero-order valence-electron chi connectivity index (χ0n) is 13.8. The number of Topliss-reactive ketones (excluding diaryl/α,β-unsaturated/α-hetero) is 1. The monoisotopic (exact) mass is 319 g/mol. The van der Waals surface area contributed by atoms with Crippen molar-refractivity contribution in [2.45, 2.75) is 39.7 Å². The Morgan fingerprint density at radius 2 is 1.91 bits per heavy atom. The number of rotatable bonds is 3. The molecule has 6 heteroatoms. The number of ether oxygens (including phenoxy) is 2. The molecule has 0 fully saturated rings. The highest BCUT2D eigenvalue weighted by Gasteiger charge is 2.30. The maximum absolute atomic E-state index is 12.2. The van der Waals surface area contributed by atoms with E-state index in [1.54, 1.807) is 24.0 Å². The molecule has 6 nitrogen and oxygen atoms in total. The molecule has 0 saturated heterocycles. The van der Waals surface area contributed by atoms with Crippen LogP contribution in [0.3, 0.4) is 0 Å². The van der Waals surface area contributed by atoms with E-state index in [4.69, 9.17) is 9.47 Å². The molecule has 2 rings (SSSR count). The fraction of sp³-hybridized carbons (Fsp3) is 0.471. The van der Waals surface area contributed by atoms with Gasteiger partial charge in [-0.2, -0.15) is 0 Å². The van der Waals surface area contributed by atoms with Crippen molar-refractivity contribution >= 4 is 23.5 Å². The Morgan fingerprint density at radius 1 is 1.22 bits per heavy atom. The summed E-state index contributed by atoms with van der Waals surface area (Å²) < 4.78 is 10.1. The van der Waals surface area contributed by atoms with E-state index >= 15 is 0 Å². The first-order valence-corrected chi connectivity index (χ1v) is 7.58. The zero-order chi connectivity index (χ0) is 17.2. The highest BCUT2D eigenvalue weighted by molar-refractivity contribution is 6.40. The fourth-order valence-corrected chi connectivity index (χ4v) is 2.36. The molecule has 1 aliphatic heterocycles. The van der Waals surface area contributed by atoms with Gasteiger partial charge in [-0.1, -0.05) is 0 Å². The molecule has 1 amide bonds. The van der Waals surface area contributed by atoms with Crippen molar-refractivity contribution in [2.75, 3.05) is 18.1 Å². The molecule has 1 heterocycles. The summed E-state index contributed by atoms with van der Waals surface area (Å²) in [6.07, 6.45) is 0.194. The number of nitrogens with zero attached hydrogens (tertiary/aromatic N) is 1. The highest BCUT2D eigenvalue weighted by Crippen LogP contribution is 2.30. The summed E-state index contributed by atoms with van der Waals surface area (Å²) >= 11 is 0. The van der Waals surface area contributed by atoms with Gasteiger partial charge in [-0.25, -0.2) is 9.59 Å². The second kappa shape index (κ2) is 6.40. The third kappa shape index (κ3) is 3.88. The van der Waals surface area contributed by atoms with Crippen LogP contribution >= 0.6 is 0 Å². The van der Waals surface area contributed by atoms with E-state index in [0.29, 0.717) is 18.7 Å². The molecule has 0 atom stereocenters. The number of carbonyl (C=O) groups is 3. The Morgan fingerprint density at radius 3 is 2.52 bits per heavy atom. The molecule has 0 aromatic heterocycles. The minimum Gasteiger partial charge on any atom is -0.460 e. The van der Waals surface area contributed by atoms with Gasteiger partial charge in [-0.15, -0.1) is 0 Å². The van der Waals surface area contributed by atoms with Crippen molar-refractivity contribution in [1.29, 1.82) is 0 Å². The predicted octanol–water partition coefficient (Wildman–Crippen LogP) is 2.73. The van der Waals surface area contributed by atoms with E-state index in [2.05, 4.69) is 0 Å². The van der Waals surface area contributed by atoms with Crippen LogP contribution in [-0.2, 0) is 20.7 Å². The lowest BCUT2D eigenvalue weighted by atomic mass is 10.1. The maximum Gasteiger partial charge on any atom is 0.414 e. The standard InChI is InChI=1S/C17H21NO5/c1-5-22-15(20)14(19)12-6-7-13-11(10-12)8-9-18(13)16(21)23-17(2,3)4/h6-7,10H,5,8-9H2,1-4H3. The number of ketones is 1. The summed E-state index contributed by atoms with van der Waals surface area (Å²) in [5, 5.41) is 0. The van der Waals surface area contributed by atoms with E-state index in [1.807, 2.05) is 20.8 Å². The summed E-state index contributed by atoms with van der Waals surface area (Å²) in [7, 11) is 0. The zero-order valence-corrected chi connectivity index (χ0v) is 13.8. The van der Waals surface area contributed by atoms with Gasteiger partial charge in [-0.3, -0.25) is 9.69 Å². The van der Waals surface area contributed by atoms with Crippen molar-refractivity contribution in [3.63, 3.8) is 0 Å². The summed E-state index contributed by atoms with van der Waals surface area (Å²) in [4.78, 5) is 37.2. The van der Waals surface area contributed by atoms with Gasteiger partial charge in [0.05, 0.1) is 12.3 Å². The molecule has 0 N–H and O–H groups in total. The van der Waals surface area contributed by atoms with Crippen LogP contribution in [0.4, 0.5) is 10.5 Å². The van der Waals surface area contributed by atoms with Crippen LogP contribution in [-0.4, -0.2) is 36.6 Å². The fourth-order valence-electron chi connectivity index (χ4n) is 2.36. The topological polar surface area (TPSA) is 72.9 Å². The minimum atomic E-state index is -0.866. The maximum atomic E-state index is 12.2.